The van der Waals surface area contributed by atoms with E-state index in [1.165, 1.54) is 12.8 Å². The topological polar surface area (TPSA) is 57.8 Å². The van der Waals surface area contributed by atoms with Gasteiger partial charge in [0.05, 0.1) is 0 Å². The van der Waals surface area contributed by atoms with Crippen molar-refractivity contribution in [3.63, 3.8) is 0 Å². The fourth-order valence-electron chi connectivity index (χ4n) is 2.39. The van der Waals surface area contributed by atoms with Gasteiger partial charge < -0.3 is 10.3 Å². The van der Waals surface area contributed by atoms with Gasteiger partial charge in [-0.1, -0.05) is 25.1 Å². The second kappa shape index (κ2) is 6.38. The van der Waals surface area contributed by atoms with E-state index in [1.807, 2.05) is 7.05 Å². The molecule has 1 aromatic rings. The van der Waals surface area contributed by atoms with Gasteiger partial charge in [-0.15, -0.1) is 0 Å². The number of hydrogen-bond donors (Lipinski definition) is 2. The smallest absolute Gasteiger partial charge is 0.251 e. The van der Waals surface area contributed by atoms with Crippen LogP contribution < -0.4 is 10.9 Å². The summed E-state index contributed by atoms with van der Waals surface area (Å²) in [6, 6.07) is 2.23. The first-order valence-corrected chi connectivity index (χ1v) is 7.53. The highest BCUT2D eigenvalue weighted by molar-refractivity contribution is 7.99. The largest absolute Gasteiger partial charge is 0.317 e. The molecule has 0 amide bonds. The van der Waals surface area contributed by atoms with Crippen molar-refractivity contribution >= 4 is 11.8 Å². The Balaban J connectivity index is 2.03. The van der Waals surface area contributed by atoms with Gasteiger partial charge in [-0.05, 0) is 32.7 Å². The van der Waals surface area contributed by atoms with Gasteiger partial charge in [0, 0.05) is 23.1 Å². The van der Waals surface area contributed by atoms with E-state index < -0.39 is 0 Å². The van der Waals surface area contributed by atoms with Crippen LogP contribution in [-0.4, -0.2) is 28.3 Å². The Kier molecular flexibility index (Phi) is 4.83. The van der Waals surface area contributed by atoms with Crippen LogP contribution in [0.3, 0.4) is 0 Å². The number of aromatic amines is 1. The quantitative estimate of drug-likeness (QED) is 0.801. The maximum Gasteiger partial charge on any atom is 0.251 e. The van der Waals surface area contributed by atoms with Crippen molar-refractivity contribution in [2.75, 3.05) is 7.05 Å². The highest BCUT2D eigenvalue weighted by Crippen LogP contribution is 2.32. The van der Waals surface area contributed by atoms with Gasteiger partial charge in [0.15, 0.2) is 5.16 Å². The lowest BCUT2D eigenvalue weighted by Gasteiger charge is -2.10. The Morgan fingerprint density at radius 2 is 2.39 bits per heavy atom. The highest BCUT2D eigenvalue weighted by atomic mass is 32.2. The van der Waals surface area contributed by atoms with E-state index in [9.17, 15) is 4.79 Å². The Morgan fingerprint density at radius 1 is 1.56 bits per heavy atom. The van der Waals surface area contributed by atoms with Crippen molar-refractivity contribution in [2.45, 2.75) is 55.5 Å². The standard InChI is InChI=1S/C13H21N3OS/c1-3-4-10-8-12(17)16-13(15-10)18-11-6-5-9(7-11)14-2/h8-9,11,14H,3-7H2,1-2H3,(H,15,16,17). The molecule has 0 spiro atoms. The molecule has 1 aliphatic rings. The number of hydrogen-bond acceptors (Lipinski definition) is 4. The molecule has 2 unspecified atom stereocenters. The summed E-state index contributed by atoms with van der Waals surface area (Å²) >= 11 is 1.72. The maximum absolute atomic E-state index is 11.6. The second-order valence-electron chi connectivity index (χ2n) is 4.83. The first-order chi connectivity index (χ1) is 8.71. The third-order valence-electron chi connectivity index (χ3n) is 3.35. The van der Waals surface area contributed by atoms with Crippen molar-refractivity contribution in [1.29, 1.82) is 0 Å². The summed E-state index contributed by atoms with van der Waals surface area (Å²) in [5.41, 5.74) is 0.881. The van der Waals surface area contributed by atoms with E-state index >= 15 is 0 Å². The fraction of sp³-hybridized carbons (Fsp3) is 0.692. The predicted molar refractivity (Wildman–Crippen MR) is 75.2 cm³/mol. The lowest BCUT2D eigenvalue weighted by Crippen LogP contribution is -2.21. The number of H-pyrrole nitrogens is 1. The normalized spacial score (nSPS) is 23.4. The van der Waals surface area contributed by atoms with Crippen LogP contribution in [0.5, 0.6) is 0 Å². The molecule has 2 N–H and O–H groups in total. The van der Waals surface area contributed by atoms with Gasteiger partial charge in [-0.2, -0.15) is 0 Å². The summed E-state index contributed by atoms with van der Waals surface area (Å²) in [6.07, 6.45) is 5.46. The summed E-state index contributed by atoms with van der Waals surface area (Å²) in [6.45, 7) is 2.10. The first-order valence-electron chi connectivity index (χ1n) is 6.65. The Morgan fingerprint density at radius 3 is 3.06 bits per heavy atom. The number of aromatic nitrogens is 2. The third-order valence-corrected chi connectivity index (χ3v) is 4.53. The van der Waals surface area contributed by atoms with Gasteiger partial charge in [-0.3, -0.25) is 4.79 Å². The molecule has 0 saturated heterocycles. The molecule has 100 valence electrons. The molecule has 18 heavy (non-hydrogen) atoms. The number of nitrogens with one attached hydrogen (secondary N) is 2. The zero-order valence-electron chi connectivity index (χ0n) is 11.0. The molecule has 0 aliphatic heterocycles. The van der Waals surface area contributed by atoms with Crippen LogP contribution in [0.4, 0.5) is 0 Å². The van der Waals surface area contributed by atoms with E-state index in [0.717, 1.165) is 30.1 Å². The van der Waals surface area contributed by atoms with E-state index in [0.29, 0.717) is 11.3 Å². The maximum atomic E-state index is 11.6. The van der Waals surface area contributed by atoms with Crippen LogP contribution in [0, 0.1) is 0 Å². The van der Waals surface area contributed by atoms with Crippen molar-refractivity contribution in [2.24, 2.45) is 0 Å². The molecule has 5 heteroatoms. The van der Waals surface area contributed by atoms with Gasteiger partial charge in [-0.25, -0.2) is 4.98 Å². The average molecular weight is 267 g/mol. The molecule has 2 atom stereocenters. The van der Waals surface area contributed by atoms with E-state index in [4.69, 9.17) is 0 Å². The van der Waals surface area contributed by atoms with Gasteiger partial charge in [0.2, 0.25) is 0 Å². The SMILES string of the molecule is CCCc1cc(=O)[nH]c(SC2CCC(NC)C2)n1. The molecule has 0 bridgehead atoms. The monoisotopic (exact) mass is 267 g/mol. The molecular weight excluding hydrogens is 246 g/mol. The number of aryl methyl sites for hydroxylation is 1. The molecule has 1 aromatic heterocycles. The lowest BCUT2D eigenvalue weighted by atomic mass is 10.2. The predicted octanol–water partition coefficient (Wildman–Crippen LogP) is 1.95. The van der Waals surface area contributed by atoms with Crippen molar-refractivity contribution in [3.8, 4) is 0 Å². The van der Waals surface area contributed by atoms with Crippen LogP contribution >= 0.6 is 11.8 Å². The van der Waals surface area contributed by atoms with E-state index in [2.05, 4.69) is 22.2 Å². The number of rotatable bonds is 5. The zero-order valence-corrected chi connectivity index (χ0v) is 11.8. The number of nitrogens with zero attached hydrogens (tertiary/aromatic N) is 1. The minimum atomic E-state index is -0.0286. The minimum Gasteiger partial charge on any atom is -0.317 e. The highest BCUT2D eigenvalue weighted by Gasteiger charge is 2.24. The van der Waals surface area contributed by atoms with Gasteiger partial charge >= 0.3 is 0 Å². The second-order valence-corrected chi connectivity index (χ2v) is 6.12. The first kappa shape index (κ1) is 13.6. The van der Waals surface area contributed by atoms with Crippen LogP contribution in [-0.2, 0) is 6.42 Å². The van der Waals surface area contributed by atoms with Crippen LogP contribution in [0.2, 0.25) is 0 Å². The average Bonchev–Trinajstić information content (AvgIpc) is 2.76. The van der Waals surface area contributed by atoms with Crippen molar-refractivity contribution in [3.05, 3.63) is 22.1 Å². The molecule has 1 heterocycles. The van der Waals surface area contributed by atoms with Crippen LogP contribution in [0.15, 0.2) is 16.0 Å². The summed E-state index contributed by atoms with van der Waals surface area (Å²) in [7, 11) is 2.01. The summed E-state index contributed by atoms with van der Waals surface area (Å²) in [5, 5.41) is 4.67. The molecule has 1 saturated carbocycles. The molecule has 0 radical (unpaired) electrons. The molecule has 2 rings (SSSR count). The molecule has 4 nitrogen and oxygen atoms in total. The van der Waals surface area contributed by atoms with Gasteiger partial charge in [0.1, 0.15) is 0 Å². The van der Waals surface area contributed by atoms with Crippen LogP contribution in [0.1, 0.15) is 38.3 Å². The molecule has 1 aliphatic carbocycles. The third kappa shape index (κ3) is 3.59. The number of thioether (sulfide) groups is 1. The van der Waals surface area contributed by atoms with Crippen LogP contribution in [0.25, 0.3) is 0 Å². The minimum absolute atomic E-state index is 0.0286. The Labute approximate surface area is 112 Å². The summed E-state index contributed by atoms with van der Waals surface area (Å²) in [5.74, 6) is 0. The molecule has 0 aromatic carbocycles. The molecular formula is C13H21N3OS. The summed E-state index contributed by atoms with van der Waals surface area (Å²) < 4.78 is 0. The Hall–Kier alpha value is -0.810. The van der Waals surface area contributed by atoms with Crippen molar-refractivity contribution < 1.29 is 0 Å². The van der Waals surface area contributed by atoms with Crippen molar-refractivity contribution in [1.82, 2.24) is 15.3 Å². The van der Waals surface area contributed by atoms with Gasteiger partial charge in [0.25, 0.3) is 5.56 Å². The van der Waals surface area contributed by atoms with E-state index in [-0.39, 0.29) is 5.56 Å². The fourth-order valence-corrected chi connectivity index (χ4v) is 3.62. The summed E-state index contributed by atoms with van der Waals surface area (Å²) in [4.78, 5) is 18.9. The lowest BCUT2D eigenvalue weighted by molar-refractivity contribution is 0.583. The molecule has 1 fully saturated rings. The van der Waals surface area contributed by atoms with E-state index in [1.54, 1.807) is 17.8 Å². The zero-order chi connectivity index (χ0) is 13.0. The Bertz CT molecular complexity index is 446.